The number of ketones is 1. The molecule has 4 aromatic rings. The third-order valence-corrected chi connectivity index (χ3v) is 8.21. The number of aromatic nitrogens is 3. The highest BCUT2D eigenvalue weighted by Crippen LogP contribution is 2.39. The van der Waals surface area contributed by atoms with Crippen LogP contribution in [0.15, 0.2) is 64.3 Å². The highest BCUT2D eigenvalue weighted by molar-refractivity contribution is 6.36. The van der Waals surface area contributed by atoms with E-state index in [1.807, 2.05) is 43.3 Å². The first kappa shape index (κ1) is 29.9. The Bertz CT molecular complexity index is 1830. The number of nitrogens with one attached hydrogen (secondary N) is 3. The first-order valence-electron chi connectivity index (χ1n) is 13.9. The fraction of sp³-hybridized carbons (Fsp3) is 0.281. The summed E-state index contributed by atoms with van der Waals surface area (Å²) in [5, 5.41) is 6.68. The van der Waals surface area contributed by atoms with E-state index in [0.717, 1.165) is 46.0 Å². The molecule has 0 spiro atoms. The van der Waals surface area contributed by atoms with Crippen molar-refractivity contribution in [1.82, 2.24) is 19.9 Å². The molecule has 1 aliphatic rings. The van der Waals surface area contributed by atoms with Crippen LogP contribution in [0.25, 0.3) is 22.4 Å². The quantitative estimate of drug-likeness (QED) is 0.257. The van der Waals surface area contributed by atoms with Gasteiger partial charge in [0.15, 0.2) is 0 Å². The molecule has 2 aromatic heterocycles. The summed E-state index contributed by atoms with van der Waals surface area (Å²) in [7, 11) is 2.88. The Balaban J connectivity index is 1.39. The molecule has 2 heterocycles. The normalized spacial score (nSPS) is 14.6. The zero-order valence-electron chi connectivity index (χ0n) is 24.1. The average molecular weight is 602 g/mol. The Morgan fingerprint density at radius 3 is 2.58 bits per heavy atom. The Hall–Kier alpha value is -4.54. The number of Topliss-reactive ketones (excluding diaryl/α,β-unsaturated/α-hetero) is 1. The fourth-order valence-electron chi connectivity index (χ4n) is 5.33. The molecule has 1 amide bonds. The number of aromatic amines is 1. The number of H-pyrrole nitrogens is 1. The van der Waals surface area contributed by atoms with E-state index in [0.29, 0.717) is 58.9 Å². The molecule has 222 valence electrons. The topological polar surface area (TPSA) is 135 Å². The van der Waals surface area contributed by atoms with Crippen LogP contribution in [-0.4, -0.2) is 39.9 Å². The molecule has 3 N–H and O–H groups in total. The predicted octanol–water partition coefficient (Wildman–Crippen LogP) is 4.48. The summed E-state index contributed by atoms with van der Waals surface area (Å²) >= 11 is 6.97. The van der Waals surface area contributed by atoms with Crippen molar-refractivity contribution in [2.75, 3.05) is 19.0 Å². The van der Waals surface area contributed by atoms with Crippen molar-refractivity contribution in [2.24, 2.45) is 13.0 Å². The number of pyridine rings is 1. The molecular formula is C32H32ClN5O5. The lowest BCUT2D eigenvalue weighted by Gasteiger charge is -2.16. The highest BCUT2D eigenvalue weighted by Gasteiger charge is 2.22. The predicted molar refractivity (Wildman–Crippen MR) is 166 cm³/mol. The van der Waals surface area contributed by atoms with Crippen molar-refractivity contribution in [3.8, 4) is 28.3 Å². The van der Waals surface area contributed by atoms with E-state index in [-0.39, 0.29) is 5.56 Å². The standard InChI is InChI=1S/C32H32ClN5O5/c1-18-22(6-5-9-26(18)36-29(40)25-17-35-32(42)38(2)31(25)41)23-7-4-8-24(28(23)33)27-13-11-20(30(37-27)43-3)16-34-15-19-10-12-21(39)14-19/h4-9,11,13,17,19,34H,10,12,14-16H2,1-3H3,(H,35,42)(H,36,40)/t19-/m1/s1. The molecule has 1 aliphatic carbocycles. The van der Waals surface area contributed by atoms with Gasteiger partial charge in [0.1, 0.15) is 11.3 Å². The number of hydrogen-bond donors (Lipinski definition) is 3. The van der Waals surface area contributed by atoms with Gasteiger partial charge in [-0.05, 0) is 49.1 Å². The van der Waals surface area contributed by atoms with E-state index >= 15 is 0 Å². The highest BCUT2D eigenvalue weighted by atomic mass is 35.5. The third kappa shape index (κ3) is 6.30. The van der Waals surface area contributed by atoms with Gasteiger partial charge in [-0.3, -0.25) is 19.0 Å². The Labute approximate surface area is 253 Å². The number of carbonyl (C=O) groups is 2. The van der Waals surface area contributed by atoms with Gasteiger partial charge in [-0.15, -0.1) is 0 Å². The minimum atomic E-state index is -0.694. The van der Waals surface area contributed by atoms with Crippen LogP contribution >= 0.6 is 11.6 Å². The van der Waals surface area contributed by atoms with E-state index < -0.39 is 17.2 Å². The summed E-state index contributed by atoms with van der Waals surface area (Å²) in [5.74, 6) is 0.556. The minimum Gasteiger partial charge on any atom is -0.481 e. The third-order valence-electron chi connectivity index (χ3n) is 7.80. The molecule has 0 aliphatic heterocycles. The molecule has 0 unspecified atom stereocenters. The number of methoxy groups -OCH3 is 1. The van der Waals surface area contributed by atoms with E-state index in [4.69, 9.17) is 21.3 Å². The zero-order valence-corrected chi connectivity index (χ0v) is 24.9. The van der Waals surface area contributed by atoms with Crippen molar-refractivity contribution in [1.29, 1.82) is 0 Å². The molecule has 0 bridgehead atoms. The number of carbonyl (C=O) groups excluding carboxylic acids is 2. The number of hydrogen-bond acceptors (Lipinski definition) is 7. The summed E-state index contributed by atoms with van der Waals surface area (Å²) in [5.41, 5.74) is 3.55. The number of halogens is 1. The minimum absolute atomic E-state index is 0.181. The van der Waals surface area contributed by atoms with Crippen molar-refractivity contribution >= 4 is 29.0 Å². The van der Waals surface area contributed by atoms with Gasteiger partial charge < -0.3 is 20.4 Å². The number of anilines is 1. The van der Waals surface area contributed by atoms with E-state index in [1.54, 1.807) is 19.2 Å². The number of ether oxygens (including phenoxy) is 1. The smallest absolute Gasteiger partial charge is 0.328 e. The number of nitrogens with zero attached hydrogens (tertiary/aromatic N) is 2. The van der Waals surface area contributed by atoms with Crippen molar-refractivity contribution in [2.45, 2.75) is 32.7 Å². The maximum atomic E-state index is 12.9. The number of amides is 1. The van der Waals surface area contributed by atoms with E-state index in [2.05, 4.69) is 15.6 Å². The molecule has 1 fully saturated rings. The Morgan fingerprint density at radius 1 is 1.09 bits per heavy atom. The Morgan fingerprint density at radius 2 is 1.84 bits per heavy atom. The largest absolute Gasteiger partial charge is 0.481 e. The lowest BCUT2D eigenvalue weighted by Crippen LogP contribution is -2.37. The summed E-state index contributed by atoms with van der Waals surface area (Å²) in [6, 6.07) is 14.9. The lowest BCUT2D eigenvalue weighted by atomic mass is 9.96. The first-order chi connectivity index (χ1) is 20.7. The molecule has 5 rings (SSSR count). The van der Waals surface area contributed by atoms with Crippen LogP contribution in [0.4, 0.5) is 5.69 Å². The van der Waals surface area contributed by atoms with E-state index in [9.17, 15) is 19.2 Å². The summed E-state index contributed by atoms with van der Waals surface area (Å²) < 4.78 is 6.44. The number of rotatable bonds is 9. The molecule has 43 heavy (non-hydrogen) atoms. The van der Waals surface area contributed by atoms with Crippen LogP contribution in [0.5, 0.6) is 5.88 Å². The molecule has 0 radical (unpaired) electrons. The second-order valence-corrected chi connectivity index (χ2v) is 11.0. The molecule has 11 heteroatoms. The van der Waals surface area contributed by atoms with Gasteiger partial charge in [-0.1, -0.05) is 48.0 Å². The first-order valence-corrected chi connectivity index (χ1v) is 14.3. The van der Waals surface area contributed by atoms with Crippen LogP contribution in [0.2, 0.25) is 5.02 Å². The number of benzene rings is 2. The monoisotopic (exact) mass is 601 g/mol. The SMILES string of the molecule is COc1nc(-c2cccc(-c3cccc(NC(=O)c4c[nH]c(=O)n(C)c4=O)c3C)c2Cl)ccc1CNC[C@@H]1CCC(=O)C1. The lowest BCUT2D eigenvalue weighted by molar-refractivity contribution is -0.117. The summed E-state index contributed by atoms with van der Waals surface area (Å²) in [6.45, 7) is 3.19. The molecule has 10 nitrogen and oxygen atoms in total. The molecule has 1 saturated carbocycles. The second-order valence-electron chi connectivity index (χ2n) is 10.6. The Kier molecular flexibility index (Phi) is 8.89. The average Bonchev–Trinajstić information content (AvgIpc) is 3.42. The molecule has 0 saturated heterocycles. The van der Waals surface area contributed by atoms with Crippen LogP contribution < -0.4 is 26.6 Å². The molecular weight excluding hydrogens is 570 g/mol. The van der Waals surface area contributed by atoms with Gasteiger partial charge in [-0.25, -0.2) is 9.78 Å². The van der Waals surface area contributed by atoms with Gasteiger partial charge in [0.25, 0.3) is 11.5 Å². The van der Waals surface area contributed by atoms with Gasteiger partial charge in [-0.2, -0.15) is 0 Å². The maximum Gasteiger partial charge on any atom is 0.328 e. The van der Waals surface area contributed by atoms with Gasteiger partial charge in [0.2, 0.25) is 5.88 Å². The maximum absolute atomic E-state index is 12.9. The molecule has 2 aromatic carbocycles. The van der Waals surface area contributed by atoms with Crippen LogP contribution in [0, 0.1) is 12.8 Å². The second kappa shape index (κ2) is 12.8. The van der Waals surface area contributed by atoms with Crippen molar-refractivity contribution < 1.29 is 14.3 Å². The summed E-state index contributed by atoms with van der Waals surface area (Å²) in [6.07, 6.45) is 3.35. The van der Waals surface area contributed by atoms with Gasteiger partial charge in [0.05, 0.1) is 17.8 Å². The van der Waals surface area contributed by atoms with Gasteiger partial charge >= 0.3 is 5.69 Å². The van der Waals surface area contributed by atoms with Crippen LogP contribution in [-0.2, 0) is 18.4 Å². The zero-order chi connectivity index (χ0) is 30.7. The van der Waals surface area contributed by atoms with Crippen LogP contribution in [0.1, 0.15) is 40.7 Å². The van der Waals surface area contributed by atoms with E-state index in [1.165, 1.54) is 7.05 Å². The molecule has 1 atom stereocenters. The van der Waals surface area contributed by atoms with Crippen molar-refractivity contribution in [3.63, 3.8) is 0 Å². The fourth-order valence-corrected chi connectivity index (χ4v) is 5.65. The van der Waals surface area contributed by atoms with Crippen LogP contribution in [0.3, 0.4) is 0 Å². The van der Waals surface area contributed by atoms with Crippen molar-refractivity contribution in [3.05, 3.63) is 97.3 Å². The van der Waals surface area contributed by atoms with Gasteiger partial charge in [0, 0.05) is 55.0 Å². The summed E-state index contributed by atoms with van der Waals surface area (Å²) in [4.78, 5) is 55.7.